The van der Waals surface area contributed by atoms with Crippen molar-refractivity contribution in [2.45, 2.75) is 124 Å². The van der Waals surface area contributed by atoms with Crippen LogP contribution < -0.4 is 0 Å². The fourth-order valence-corrected chi connectivity index (χ4v) is 5.76. The quantitative estimate of drug-likeness (QED) is 0.314. The molecule has 1 saturated carbocycles. The van der Waals surface area contributed by atoms with Crippen LogP contribution in [0.5, 0.6) is 5.75 Å². The maximum Gasteiger partial charge on any atom is 0.312 e. The van der Waals surface area contributed by atoms with Crippen LogP contribution in [-0.2, 0) is 9.53 Å². The van der Waals surface area contributed by atoms with Gasteiger partial charge < -0.3 is 9.84 Å². The smallest absolute Gasteiger partial charge is 0.312 e. The summed E-state index contributed by atoms with van der Waals surface area (Å²) in [5.74, 6) is 2.27. The molecule has 0 aromatic heterocycles. The average Bonchev–Trinajstić information content (AvgIpc) is 3.54. The van der Waals surface area contributed by atoms with E-state index in [-0.39, 0.29) is 17.0 Å². The highest BCUT2D eigenvalue weighted by atomic mass is 16.6. The molecule has 2 aliphatic carbocycles. The van der Waals surface area contributed by atoms with Gasteiger partial charge in [0.05, 0.1) is 5.41 Å². The lowest BCUT2D eigenvalue weighted by atomic mass is 9.89. The lowest BCUT2D eigenvalue weighted by Crippen LogP contribution is -2.37. The van der Waals surface area contributed by atoms with Gasteiger partial charge in [0.25, 0.3) is 0 Å². The first kappa shape index (κ1) is 31.7. The monoisotopic (exact) mass is 544 g/mol. The van der Waals surface area contributed by atoms with E-state index in [4.69, 9.17) is 9.84 Å². The maximum atomic E-state index is 12.0. The summed E-state index contributed by atoms with van der Waals surface area (Å²) in [4.78, 5) is 12.0. The molecule has 3 aromatic carbocycles. The molecule has 218 valence electrons. The summed E-state index contributed by atoms with van der Waals surface area (Å²) in [7, 11) is 0. The van der Waals surface area contributed by atoms with Crippen LogP contribution in [0, 0.1) is 5.41 Å². The van der Waals surface area contributed by atoms with Crippen LogP contribution in [0.1, 0.15) is 135 Å². The van der Waals surface area contributed by atoms with Gasteiger partial charge in [-0.1, -0.05) is 90.1 Å². The van der Waals surface area contributed by atoms with E-state index in [0.717, 1.165) is 32.1 Å². The fourth-order valence-electron chi connectivity index (χ4n) is 5.76. The molecular formula is C37H52O3. The van der Waals surface area contributed by atoms with E-state index in [2.05, 4.69) is 71.0 Å². The summed E-state index contributed by atoms with van der Waals surface area (Å²) in [5.41, 5.74) is 3.90. The van der Waals surface area contributed by atoms with E-state index in [1.54, 1.807) is 12.1 Å². The van der Waals surface area contributed by atoms with Gasteiger partial charge in [-0.05, 0) is 116 Å². The SMILES string of the molecule is CC1c2cccc3cccc(c23)C1C.CCC(C)c1ccc(O)cc1.CCC1(OC(=O)C(C)(C)CC)CCCC1. The van der Waals surface area contributed by atoms with Crippen molar-refractivity contribution in [1.29, 1.82) is 0 Å². The summed E-state index contributed by atoms with van der Waals surface area (Å²) >= 11 is 0. The number of phenolic OH excluding ortho intramolecular Hbond substituents is 1. The Hall–Kier alpha value is -2.81. The van der Waals surface area contributed by atoms with Crippen molar-refractivity contribution in [3.8, 4) is 5.75 Å². The third-order valence-corrected chi connectivity index (χ3v) is 9.68. The van der Waals surface area contributed by atoms with Crippen molar-refractivity contribution in [3.05, 3.63) is 77.4 Å². The molecule has 5 rings (SSSR count). The molecule has 3 nitrogen and oxygen atoms in total. The number of phenols is 1. The summed E-state index contributed by atoms with van der Waals surface area (Å²) in [5, 5.41) is 11.9. The third kappa shape index (κ3) is 7.28. The number of aromatic hydroxyl groups is 1. The zero-order valence-corrected chi connectivity index (χ0v) is 26.2. The number of carbonyl (C=O) groups excluding carboxylic acids is 1. The molecule has 0 amide bonds. The predicted molar refractivity (Wildman–Crippen MR) is 169 cm³/mol. The van der Waals surface area contributed by atoms with Crippen molar-refractivity contribution in [1.82, 2.24) is 0 Å². The summed E-state index contributed by atoms with van der Waals surface area (Å²) < 4.78 is 5.76. The van der Waals surface area contributed by atoms with Crippen molar-refractivity contribution >= 4 is 16.7 Å². The lowest BCUT2D eigenvalue weighted by Gasteiger charge is -2.32. The fraction of sp³-hybridized carbons (Fsp3) is 0.541. The molecule has 3 atom stereocenters. The van der Waals surface area contributed by atoms with Crippen molar-refractivity contribution in [2.75, 3.05) is 0 Å². The number of carbonyl (C=O) groups is 1. The molecule has 0 radical (unpaired) electrons. The highest BCUT2D eigenvalue weighted by Crippen LogP contribution is 2.45. The molecule has 0 bridgehead atoms. The minimum Gasteiger partial charge on any atom is -0.508 e. The number of ether oxygens (including phenoxy) is 1. The molecule has 0 aliphatic heterocycles. The minimum atomic E-state index is -0.329. The van der Waals surface area contributed by atoms with E-state index in [1.807, 2.05) is 32.9 Å². The largest absolute Gasteiger partial charge is 0.508 e. The third-order valence-electron chi connectivity index (χ3n) is 9.68. The highest BCUT2D eigenvalue weighted by Gasteiger charge is 2.39. The standard InChI is InChI=1S/C14H14.C13H24O2.C10H14O/c1-9-10(2)13-8-4-6-11-5-3-7-12(9)14(11)13;1-5-12(3,4)11(14)15-13(6-2)9-7-8-10-13;1-3-8(2)9-4-6-10(11)7-5-9/h3-10H,1-2H3;5-10H2,1-4H3;4-8,11H,3H2,1-2H3. The highest BCUT2D eigenvalue weighted by molar-refractivity contribution is 5.92. The number of hydrogen-bond donors (Lipinski definition) is 1. The zero-order valence-electron chi connectivity index (χ0n) is 26.2. The molecule has 40 heavy (non-hydrogen) atoms. The Morgan fingerprint density at radius 3 is 1.90 bits per heavy atom. The van der Waals surface area contributed by atoms with Crippen LogP contribution in [0.15, 0.2) is 60.7 Å². The number of benzene rings is 3. The Morgan fingerprint density at radius 2 is 1.45 bits per heavy atom. The molecular weight excluding hydrogens is 492 g/mol. The van der Waals surface area contributed by atoms with Gasteiger partial charge in [-0.15, -0.1) is 0 Å². The van der Waals surface area contributed by atoms with Crippen LogP contribution in [-0.4, -0.2) is 16.7 Å². The molecule has 1 fully saturated rings. The molecule has 0 heterocycles. The van der Waals surface area contributed by atoms with Crippen molar-refractivity contribution < 1.29 is 14.6 Å². The van der Waals surface area contributed by atoms with E-state index < -0.39 is 0 Å². The molecule has 1 N–H and O–H groups in total. The second-order valence-electron chi connectivity index (χ2n) is 12.6. The summed E-state index contributed by atoms with van der Waals surface area (Å²) in [6.45, 7) is 17.1. The first-order chi connectivity index (χ1) is 19.0. The molecule has 0 saturated heterocycles. The second kappa shape index (κ2) is 13.7. The predicted octanol–water partition coefficient (Wildman–Crippen LogP) is 10.7. The van der Waals surface area contributed by atoms with E-state index in [1.165, 1.54) is 40.3 Å². The lowest BCUT2D eigenvalue weighted by molar-refractivity contribution is -0.170. The minimum absolute atomic E-state index is 0.0197. The number of hydrogen-bond acceptors (Lipinski definition) is 3. The first-order valence-electron chi connectivity index (χ1n) is 15.5. The van der Waals surface area contributed by atoms with E-state index in [9.17, 15) is 4.79 Å². The molecule has 3 heteroatoms. The Bertz CT molecular complexity index is 1190. The van der Waals surface area contributed by atoms with Crippen LogP contribution in [0.25, 0.3) is 10.8 Å². The van der Waals surface area contributed by atoms with Crippen molar-refractivity contribution in [3.63, 3.8) is 0 Å². The van der Waals surface area contributed by atoms with Gasteiger partial charge in [0, 0.05) is 0 Å². The van der Waals surface area contributed by atoms with Gasteiger partial charge in [-0.3, -0.25) is 4.79 Å². The molecule has 2 aliphatic rings. The molecule has 3 unspecified atom stereocenters. The Morgan fingerprint density at radius 1 is 0.925 bits per heavy atom. The first-order valence-corrected chi connectivity index (χ1v) is 15.5. The van der Waals surface area contributed by atoms with Gasteiger partial charge in [-0.25, -0.2) is 0 Å². The van der Waals surface area contributed by atoms with Gasteiger partial charge in [0.2, 0.25) is 0 Å². The molecule has 3 aromatic rings. The van der Waals surface area contributed by atoms with Gasteiger partial charge in [0.1, 0.15) is 11.4 Å². The summed E-state index contributed by atoms with van der Waals surface area (Å²) in [6.07, 6.45) is 7.44. The van der Waals surface area contributed by atoms with Gasteiger partial charge >= 0.3 is 5.97 Å². The number of rotatable bonds is 6. The zero-order chi connectivity index (χ0) is 29.5. The van der Waals surface area contributed by atoms with E-state index >= 15 is 0 Å². The van der Waals surface area contributed by atoms with Gasteiger partial charge in [-0.2, -0.15) is 0 Å². The van der Waals surface area contributed by atoms with Crippen LogP contribution in [0.2, 0.25) is 0 Å². The van der Waals surface area contributed by atoms with Gasteiger partial charge in [0.15, 0.2) is 0 Å². The van der Waals surface area contributed by atoms with Crippen molar-refractivity contribution in [2.24, 2.45) is 5.41 Å². The topological polar surface area (TPSA) is 46.5 Å². The normalized spacial score (nSPS) is 19.7. The second-order valence-corrected chi connectivity index (χ2v) is 12.6. The molecule has 0 spiro atoms. The van der Waals surface area contributed by atoms with Crippen LogP contribution >= 0.6 is 0 Å². The summed E-state index contributed by atoms with van der Waals surface area (Å²) in [6, 6.07) is 20.8. The Balaban J connectivity index is 0.000000167. The Labute approximate surface area is 243 Å². The van der Waals surface area contributed by atoms with Crippen LogP contribution in [0.4, 0.5) is 0 Å². The number of esters is 1. The average molecular weight is 545 g/mol. The van der Waals surface area contributed by atoms with E-state index in [0.29, 0.717) is 23.5 Å². The van der Waals surface area contributed by atoms with Crippen LogP contribution in [0.3, 0.4) is 0 Å². The Kier molecular flexibility index (Phi) is 10.9. The maximum absolute atomic E-state index is 12.0.